The van der Waals surface area contributed by atoms with Crippen molar-refractivity contribution in [2.24, 2.45) is 5.92 Å². The first-order valence-corrected chi connectivity index (χ1v) is 6.91. The van der Waals surface area contributed by atoms with E-state index in [1.165, 1.54) is 24.9 Å². The third-order valence-corrected chi connectivity index (χ3v) is 4.15. The summed E-state index contributed by atoms with van der Waals surface area (Å²) in [5, 5.41) is 4.39. The Labute approximate surface area is 120 Å². The zero-order valence-corrected chi connectivity index (χ0v) is 12.0. The molecule has 1 N–H and O–H groups in total. The van der Waals surface area contributed by atoms with Crippen molar-refractivity contribution in [2.45, 2.75) is 18.9 Å². The average molecular weight is 287 g/mol. The van der Waals surface area contributed by atoms with Gasteiger partial charge in [0.05, 0.1) is 0 Å². The summed E-state index contributed by atoms with van der Waals surface area (Å²) in [7, 11) is 0. The zero-order valence-electron chi connectivity index (χ0n) is 10.4. The van der Waals surface area contributed by atoms with E-state index in [2.05, 4.69) is 22.3 Å². The lowest BCUT2D eigenvalue weighted by molar-refractivity contribution is 0.155. The molecule has 1 saturated carbocycles. The second-order valence-electron chi connectivity index (χ2n) is 5.18. The number of benzene rings is 1. The maximum atomic E-state index is 6.32. The number of halogens is 2. The number of hydrogen-bond donors (Lipinski definition) is 1. The molecule has 0 bridgehead atoms. The van der Waals surface area contributed by atoms with Gasteiger partial charge in [0.15, 0.2) is 0 Å². The summed E-state index contributed by atoms with van der Waals surface area (Å²) in [5.74, 6) is 0.943. The van der Waals surface area contributed by atoms with Gasteiger partial charge in [-0.2, -0.15) is 0 Å². The summed E-state index contributed by atoms with van der Waals surface area (Å²) in [6.07, 6.45) is 2.83. The van der Waals surface area contributed by atoms with E-state index in [-0.39, 0.29) is 12.4 Å². The Bertz CT molecular complexity index is 393. The minimum Gasteiger partial charge on any atom is -0.314 e. The first-order valence-electron chi connectivity index (χ1n) is 6.54. The van der Waals surface area contributed by atoms with Crippen LogP contribution in [0.15, 0.2) is 24.3 Å². The maximum Gasteiger partial charge on any atom is 0.0488 e. The second kappa shape index (κ2) is 6.25. The van der Waals surface area contributed by atoms with Crippen LogP contribution in [0.25, 0.3) is 0 Å². The summed E-state index contributed by atoms with van der Waals surface area (Å²) in [4.78, 5) is 2.61. The monoisotopic (exact) mass is 286 g/mol. The van der Waals surface area contributed by atoms with Crippen LogP contribution in [0.1, 0.15) is 24.4 Å². The van der Waals surface area contributed by atoms with Crippen LogP contribution >= 0.6 is 24.0 Å². The van der Waals surface area contributed by atoms with Crippen LogP contribution < -0.4 is 5.32 Å². The number of piperazine rings is 1. The zero-order chi connectivity index (χ0) is 11.7. The lowest BCUT2D eigenvalue weighted by Gasteiger charge is -2.37. The smallest absolute Gasteiger partial charge is 0.0488 e. The first kappa shape index (κ1) is 14.1. The SMILES string of the molecule is Cl.Clc1ccccc1C1CNCCN1CC1CC1. The normalized spacial score (nSPS) is 24.6. The fourth-order valence-electron chi connectivity index (χ4n) is 2.65. The topological polar surface area (TPSA) is 15.3 Å². The third kappa shape index (κ3) is 3.18. The van der Waals surface area contributed by atoms with Gasteiger partial charge in [0, 0.05) is 37.2 Å². The van der Waals surface area contributed by atoms with Crippen LogP contribution in [-0.4, -0.2) is 31.1 Å². The minimum absolute atomic E-state index is 0. The van der Waals surface area contributed by atoms with Gasteiger partial charge in [-0.3, -0.25) is 4.90 Å². The van der Waals surface area contributed by atoms with Crippen LogP contribution in [0.4, 0.5) is 0 Å². The Morgan fingerprint density at radius 2 is 2.06 bits per heavy atom. The Morgan fingerprint density at radius 3 is 2.78 bits per heavy atom. The Balaban J connectivity index is 0.00000120. The highest BCUT2D eigenvalue weighted by molar-refractivity contribution is 6.31. The van der Waals surface area contributed by atoms with E-state index in [1.807, 2.05) is 12.1 Å². The average Bonchev–Trinajstić information content (AvgIpc) is 3.15. The molecule has 1 heterocycles. The van der Waals surface area contributed by atoms with Gasteiger partial charge in [-0.25, -0.2) is 0 Å². The van der Waals surface area contributed by atoms with E-state index >= 15 is 0 Å². The molecule has 0 spiro atoms. The summed E-state index contributed by atoms with van der Waals surface area (Å²) in [6, 6.07) is 8.72. The van der Waals surface area contributed by atoms with Gasteiger partial charge in [0.25, 0.3) is 0 Å². The number of rotatable bonds is 3. The fourth-order valence-corrected chi connectivity index (χ4v) is 2.91. The van der Waals surface area contributed by atoms with Crippen LogP contribution in [0.5, 0.6) is 0 Å². The summed E-state index contributed by atoms with van der Waals surface area (Å²) >= 11 is 6.32. The first-order chi connectivity index (χ1) is 8.34. The molecule has 2 nitrogen and oxygen atoms in total. The Kier molecular flexibility index (Phi) is 4.91. The summed E-state index contributed by atoms with van der Waals surface area (Å²) < 4.78 is 0. The van der Waals surface area contributed by atoms with Crippen molar-refractivity contribution in [3.63, 3.8) is 0 Å². The quantitative estimate of drug-likeness (QED) is 0.919. The summed E-state index contributed by atoms with van der Waals surface area (Å²) in [5.41, 5.74) is 1.28. The van der Waals surface area contributed by atoms with Gasteiger partial charge < -0.3 is 5.32 Å². The molecule has 1 saturated heterocycles. The number of nitrogens with one attached hydrogen (secondary N) is 1. The number of nitrogens with zero attached hydrogens (tertiary/aromatic N) is 1. The van der Waals surface area contributed by atoms with Gasteiger partial charge in [0.2, 0.25) is 0 Å². The van der Waals surface area contributed by atoms with Crippen LogP contribution in [-0.2, 0) is 0 Å². The molecular weight excluding hydrogens is 267 g/mol. The van der Waals surface area contributed by atoms with Crippen molar-refractivity contribution < 1.29 is 0 Å². The second-order valence-corrected chi connectivity index (χ2v) is 5.59. The molecule has 3 rings (SSSR count). The van der Waals surface area contributed by atoms with Crippen molar-refractivity contribution in [3.8, 4) is 0 Å². The molecule has 0 amide bonds. The van der Waals surface area contributed by atoms with Crippen LogP contribution in [0, 0.1) is 5.92 Å². The van der Waals surface area contributed by atoms with E-state index in [0.717, 1.165) is 30.6 Å². The molecule has 1 aliphatic carbocycles. The molecule has 1 aromatic rings. The molecule has 1 aromatic carbocycles. The standard InChI is InChI=1S/C14H19ClN2.ClH/c15-13-4-2-1-3-12(13)14-9-16-7-8-17(14)10-11-5-6-11;/h1-4,11,14,16H,5-10H2;1H. The van der Waals surface area contributed by atoms with Crippen LogP contribution in [0.2, 0.25) is 5.02 Å². The Morgan fingerprint density at radius 1 is 1.28 bits per heavy atom. The number of hydrogen-bond acceptors (Lipinski definition) is 2. The van der Waals surface area contributed by atoms with Gasteiger partial charge in [-0.05, 0) is 30.4 Å². The van der Waals surface area contributed by atoms with Crippen molar-refractivity contribution in [2.75, 3.05) is 26.2 Å². The van der Waals surface area contributed by atoms with E-state index in [0.29, 0.717) is 6.04 Å². The predicted octanol–water partition coefficient (Wildman–Crippen LogP) is 3.12. The molecule has 0 radical (unpaired) electrons. The van der Waals surface area contributed by atoms with Crippen LogP contribution in [0.3, 0.4) is 0 Å². The van der Waals surface area contributed by atoms with Gasteiger partial charge in [0.1, 0.15) is 0 Å². The molecule has 18 heavy (non-hydrogen) atoms. The largest absolute Gasteiger partial charge is 0.314 e. The van der Waals surface area contributed by atoms with E-state index in [1.54, 1.807) is 0 Å². The molecule has 2 fully saturated rings. The maximum absolute atomic E-state index is 6.32. The molecule has 2 aliphatic rings. The van der Waals surface area contributed by atoms with Crippen molar-refractivity contribution in [1.29, 1.82) is 0 Å². The molecule has 4 heteroatoms. The molecule has 100 valence electrons. The predicted molar refractivity (Wildman–Crippen MR) is 78.6 cm³/mol. The van der Waals surface area contributed by atoms with E-state index < -0.39 is 0 Å². The lowest BCUT2D eigenvalue weighted by atomic mass is 10.0. The van der Waals surface area contributed by atoms with Crippen molar-refractivity contribution >= 4 is 24.0 Å². The Hall–Kier alpha value is -0.280. The minimum atomic E-state index is 0. The van der Waals surface area contributed by atoms with Gasteiger partial charge in [-0.15, -0.1) is 12.4 Å². The van der Waals surface area contributed by atoms with Crippen molar-refractivity contribution in [1.82, 2.24) is 10.2 Å². The molecule has 1 atom stereocenters. The fraction of sp³-hybridized carbons (Fsp3) is 0.571. The highest BCUT2D eigenvalue weighted by Gasteiger charge is 2.30. The highest BCUT2D eigenvalue weighted by Crippen LogP contribution is 2.34. The highest BCUT2D eigenvalue weighted by atomic mass is 35.5. The summed E-state index contributed by atoms with van der Waals surface area (Å²) in [6.45, 7) is 4.52. The van der Waals surface area contributed by atoms with Gasteiger partial charge >= 0.3 is 0 Å². The molecule has 1 unspecified atom stereocenters. The molecular formula is C14H20Cl2N2. The lowest BCUT2D eigenvalue weighted by Crippen LogP contribution is -2.46. The third-order valence-electron chi connectivity index (χ3n) is 3.81. The van der Waals surface area contributed by atoms with Crippen molar-refractivity contribution in [3.05, 3.63) is 34.9 Å². The van der Waals surface area contributed by atoms with Gasteiger partial charge in [-0.1, -0.05) is 29.8 Å². The molecule has 0 aromatic heterocycles. The van der Waals surface area contributed by atoms with E-state index in [4.69, 9.17) is 11.6 Å². The van der Waals surface area contributed by atoms with E-state index in [9.17, 15) is 0 Å². The molecule has 1 aliphatic heterocycles.